The van der Waals surface area contributed by atoms with Gasteiger partial charge in [-0.25, -0.2) is 0 Å². The van der Waals surface area contributed by atoms with E-state index in [9.17, 15) is 24.6 Å². The molecule has 3 amide bonds. The summed E-state index contributed by atoms with van der Waals surface area (Å²) in [6, 6.07) is 5.27. The molecule has 1 aromatic rings. The number of hydrogen-bond acceptors (Lipinski definition) is 6. The highest BCUT2D eigenvalue weighted by molar-refractivity contribution is 5.97. The first-order chi connectivity index (χ1) is 14.2. The van der Waals surface area contributed by atoms with Gasteiger partial charge in [0.2, 0.25) is 11.8 Å². The number of carbonyl (C=O) groups excluding carboxylic acids is 3. The molecule has 1 aliphatic carbocycles. The van der Waals surface area contributed by atoms with E-state index in [1.54, 1.807) is 14.0 Å². The first-order valence-electron chi connectivity index (χ1n) is 9.94. The Hall–Kier alpha value is -2.75. The van der Waals surface area contributed by atoms with Crippen molar-refractivity contribution in [2.45, 2.75) is 56.6 Å². The van der Waals surface area contributed by atoms with Crippen LogP contribution in [-0.2, 0) is 27.3 Å². The van der Waals surface area contributed by atoms with E-state index in [1.807, 2.05) is 24.3 Å². The normalized spacial score (nSPS) is 26.9. The smallest absolute Gasteiger partial charge is 0.250 e. The molecule has 0 aromatic heterocycles. The molecule has 0 spiro atoms. The van der Waals surface area contributed by atoms with Gasteiger partial charge in [-0.3, -0.25) is 14.4 Å². The van der Waals surface area contributed by atoms with Crippen LogP contribution in [-0.4, -0.2) is 70.2 Å². The maximum Gasteiger partial charge on any atom is 0.250 e. The van der Waals surface area contributed by atoms with Crippen LogP contribution in [0.1, 0.15) is 24.5 Å². The summed E-state index contributed by atoms with van der Waals surface area (Å²) >= 11 is 0. The van der Waals surface area contributed by atoms with Gasteiger partial charge in [-0.2, -0.15) is 0 Å². The lowest BCUT2D eigenvalue weighted by atomic mass is 9.87. The second-order valence-corrected chi connectivity index (χ2v) is 7.82. The van der Waals surface area contributed by atoms with Gasteiger partial charge in [0.1, 0.15) is 12.1 Å². The van der Waals surface area contributed by atoms with Gasteiger partial charge in [0, 0.05) is 25.0 Å². The molecule has 1 heterocycles. The molecule has 1 aromatic carbocycles. The molecule has 162 valence electrons. The molecule has 6 N–H and O–H groups in total. The molecule has 0 bridgehead atoms. The van der Waals surface area contributed by atoms with E-state index in [-0.39, 0.29) is 24.4 Å². The SMILES string of the molecule is CN[C@@H](C)C(=O)N[C@H]1C=C(C(=O)N2Cc3ccccc3C[C@H]2C(N)=O)C[C@@H](O)[C@@H]1O. The molecule has 0 saturated heterocycles. The van der Waals surface area contributed by atoms with Crippen LogP contribution in [0.25, 0.3) is 0 Å². The van der Waals surface area contributed by atoms with Crippen LogP contribution < -0.4 is 16.4 Å². The molecule has 2 aliphatic rings. The van der Waals surface area contributed by atoms with Gasteiger partial charge in [0.05, 0.1) is 18.2 Å². The van der Waals surface area contributed by atoms with Gasteiger partial charge < -0.3 is 31.5 Å². The maximum atomic E-state index is 13.3. The lowest BCUT2D eigenvalue weighted by Crippen LogP contribution is -2.55. The molecule has 0 saturated carbocycles. The Kier molecular flexibility index (Phi) is 6.55. The first kappa shape index (κ1) is 21.9. The number of carbonyl (C=O) groups is 3. The fourth-order valence-corrected chi connectivity index (χ4v) is 3.85. The van der Waals surface area contributed by atoms with Crippen molar-refractivity contribution in [2.24, 2.45) is 5.73 Å². The molecule has 5 atom stereocenters. The van der Waals surface area contributed by atoms with Gasteiger partial charge in [-0.1, -0.05) is 30.3 Å². The van der Waals surface area contributed by atoms with Crippen LogP contribution in [0.15, 0.2) is 35.9 Å². The predicted octanol–water partition coefficient (Wildman–Crippen LogP) is -1.43. The van der Waals surface area contributed by atoms with Crippen molar-refractivity contribution >= 4 is 17.7 Å². The van der Waals surface area contributed by atoms with Crippen molar-refractivity contribution in [1.82, 2.24) is 15.5 Å². The molecule has 0 radical (unpaired) electrons. The zero-order chi connectivity index (χ0) is 22.0. The van der Waals surface area contributed by atoms with Crippen LogP contribution in [0.5, 0.6) is 0 Å². The van der Waals surface area contributed by atoms with Gasteiger partial charge in [0.25, 0.3) is 5.91 Å². The van der Waals surface area contributed by atoms with E-state index in [0.29, 0.717) is 6.42 Å². The fourth-order valence-electron chi connectivity index (χ4n) is 3.85. The third-order valence-corrected chi connectivity index (χ3v) is 5.82. The lowest BCUT2D eigenvalue weighted by Gasteiger charge is -2.38. The summed E-state index contributed by atoms with van der Waals surface area (Å²) in [5.41, 5.74) is 7.68. The van der Waals surface area contributed by atoms with E-state index in [1.165, 1.54) is 11.0 Å². The number of amides is 3. The average molecular weight is 416 g/mol. The standard InChI is InChI=1S/C21H28N4O5/c1-11(23-2)20(29)24-15-7-14(9-17(26)18(15)27)21(30)25-10-13-6-4-3-5-12(13)8-16(25)19(22)28/h3-7,11,15-18,23,26-27H,8-10H2,1-2H3,(H2,22,28)(H,24,29)/t11-,15-,16-,17+,18+/m0/s1. The molecule has 0 unspecified atom stereocenters. The summed E-state index contributed by atoms with van der Waals surface area (Å²) in [4.78, 5) is 38.9. The van der Waals surface area contributed by atoms with E-state index in [0.717, 1.165) is 11.1 Å². The highest BCUT2D eigenvalue weighted by Gasteiger charge is 2.39. The molecule has 0 fully saturated rings. The number of primary amides is 1. The summed E-state index contributed by atoms with van der Waals surface area (Å²) in [5.74, 6) is -1.43. The minimum atomic E-state index is -1.25. The molecular formula is C21H28N4O5. The number of hydrogen-bond donors (Lipinski definition) is 5. The molecule has 9 heteroatoms. The largest absolute Gasteiger partial charge is 0.390 e. The summed E-state index contributed by atoms with van der Waals surface area (Å²) in [6.07, 6.45) is -0.789. The summed E-state index contributed by atoms with van der Waals surface area (Å²) < 4.78 is 0. The minimum absolute atomic E-state index is 0.0857. The first-order valence-corrected chi connectivity index (χ1v) is 9.94. The lowest BCUT2D eigenvalue weighted by molar-refractivity contribution is -0.138. The van der Waals surface area contributed by atoms with Crippen LogP contribution in [0, 0.1) is 0 Å². The Morgan fingerprint density at radius 1 is 1.17 bits per heavy atom. The van der Waals surface area contributed by atoms with Crippen LogP contribution in [0.4, 0.5) is 0 Å². The van der Waals surface area contributed by atoms with Gasteiger partial charge in [-0.15, -0.1) is 0 Å². The van der Waals surface area contributed by atoms with Gasteiger partial charge in [0.15, 0.2) is 0 Å². The number of nitrogens with zero attached hydrogens (tertiary/aromatic N) is 1. The van der Waals surface area contributed by atoms with E-state index >= 15 is 0 Å². The number of rotatable bonds is 5. The second kappa shape index (κ2) is 8.95. The molecular weight excluding hydrogens is 388 g/mol. The van der Waals surface area contributed by atoms with Crippen molar-refractivity contribution in [2.75, 3.05) is 7.05 Å². The highest BCUT2D eigenvalue weighted by atomic mass is 16.3. The second-order valence-electron chi connectivity index (χ2n) is 7.82. The van der Waals surface area contributed by atoms with Gasteiger partial charge >= 0.3 is 0 Å². The van der Waals surface area contributed by atoms with Crippen molar-refractivity contribution in [3.05, 3.63) is 47.0 Å². The highest BCUT2D eigenvalue weighted by Crippen LogP contribution is 2.28. The number of fused-ring (bicyclic) bond motifs is 1. The Morgan fingerprint density at radius 2 is 1.83 bits per heavy atom. The number of aliphatic hydroxyl groups excluding tert-OH is 2. The van der Waals surface area contributed by atoms with E-state index in [4.69, 9.17) is 5.73 Å². The average Bonchev–Trinajstić information content (AvgIpc) is 2.74. The molecule has 3 rings (SSSR count). The summed E-state index contributed by atoms with van der Waals surface area (Å²) in [5, 5.41) is 26.0. The summed E-state index contributed by atoms with van der Waals surface area (Å²) in [7, 11) is 1.62. The van der Waals surface area contributed by atoms with E-state index in [2.05, 4.69) is 10.6 Å². The molecule has 1 aliphatic heterocycles. The van der Waals surface area contributed by atoms with Gasteiger partial charge in [-0.05, 0) is 25.1 Å². The Bertz CT molecular complexity index is 871. The van der Waals surface area contributed by atoms with E-state index < -0.39 is 42.1 Å². The van der Waals surface area contributed by atoms with Crippen molar-refractivity contribution in [1.29, 1.82) is 0 Å². The number of aliphatic hydroxyl groups is 2. The zero-order valence-corrected chi connectivity index (χ0v) is 17.0. The third-order valence-electron chi connectivity index (χ3n) is 5.82. The number of nitrogens with one attached hydrogen (secondary N) is 2. The fraction of sp³-hybridized carbons (Fsp3) is 0.476. The molecule has 30 heavy (non-hydrogen) atoms. The number of nitrogens with two attached hydrogens (primary N) is 1. The van der Waals surface area contributed by atoms with Crippen molar-refractivity contribution in [3.63, 3.8) is 0 Å². The topological polar surface area (TPSA) is 145 Å². The summed E-state index contributed by atoms with van der Waals surface area (Å²) in [6.45, 7) is 1.87. The maximum absolute atomic E-state index is 13.3. The third kappa shape index (κ3) is 4.38. The monoisotopic (exact) mass is 416 g/mol. The van der Waals surface area contributed by atoms with Crippen LogP contribution >= 0.6 is 0 Å². The number of benzene rings is 1. The zero-order valence-electron chi connectivity index (χ0n) is 17.0. The van der Waals surface area contributed by atoms with Crippen LogP contribution in [0.2, 0.25) is 0 Å². The van der Waals surface area contributed by atoms with Crippen molar-refractivity contribution < 1.29 is 24.6 Å². The Labute approximate surface area is 174 Å². The minimum Gasteiger partial charge on any atom is -0.390 e. The Balaban J connectivity index is 1.87. The van der Waals surface area contributed by atoms with Crippen LogP contribution in [0.3, 0.4) is 0 Å². The predicted molar refractivity (Wildman–Crippen MR) is 109 cm³/mol. The number of likely N-dealkylation sites (N-methyl/N-ethyl adjacent to an activating group) is 1. The van der Waals surface area contributed by atoms with Crippen molar-refractivity contribution in [3.8, 4) is 0 Å². The molecule has 9 nitrogen and oxygen atoms in total. The Morgan fingerprint density at radius 3 is 2.47 bits per heavy atom. The quantitative estimate of drug-likeness (QED) is 0.398.